The Balaban J connectivity index is 2.43. The highest BCUT2D eigenvalue weighted by atomic mass is 16.4. The van der Waals surface area contributed by atoms with Gasteiger partial charge in [-0.05, 0) is 31.5 Å². The molecule has 2 heterocycles. The number of hydrogen-bond donors (Lipinski definition) is 2. The van der Waals surface area contributed by atoms with E-state index in [2.05, 4.69) is 4.98 Å². The third-order valence-electron chi connectivity index (χ3n) is 2.77. The van der Waals surface area contributed by atoms with Gasteiger partial charge in [-0.2, -0.15) is 0 Å². The molecule has 0 bridgehead atoms. The number of carbonyl (C=O) groups excluding carboxylic acids is 1. The molecule has 1 aromatic rings. The van der Waals surface area contributed by atoms with E-state index in [1.54, 1.807) is 6.07 Å². The van der Waals surface area contributed by atoms with Crippen LogP contribution in [0.2, 0.25) is 0 Å². The third-order valence-corrected chi connectivity index (χ3v) is 2.77. The lowest BCUT2D eigenvalue weighted by atomic mass is 10.2. The predicted molar refractivity (Wildman–Crippen MR) is 61.4 cm³/mol. The first-order valence-electron chi connectivity index (χ1n) is 5.29. The summed E-state index contributed by atoms with van der Waals surface area (Å²) in [6.07, 6.45) is -2.52. The van der Waals surface area contributed by atoms with Crippen LogP contribution < -0.4 is 4.90 Å². The van der Waals surface area contributed by atoms with E-state index in [0.29, 0.717) is 5.82 Å². The quantitative estimate of drug-likeness (QED) is 0.732. The second-order valence-corrected chi connectivity index (χ2v) is 4.23. The lowest BCUT2D eigenvalue weighted by Gasteiger charge is -2.19. The standard InChI is InChI=1S/C11H15N3O3/c1-6-4-7(2)12-8(5-6)14-10(16)9(15)13(3)11(14)17/h4-5,9-10,15-16H,1-3H3/t9-,10+/m1/s1. The number of aromatic nitrogens is 1. The lowest BCUT2D eigenvalue weighted by Crippen LogP contribution is -2.37. The Kier molecular flexibility index (Phi) is 2.76. The molecule has 0 radical (unpaired) electrons. The van der Waals surface area contributed by atoms with E-state index in [4.69, 9.17) is 0 Å². The van der Waals surface area contributed by atoms with Crippen molar-refractivity contribution < 1.29 is 15.0 Å². The molecule has 0 aliphatic carbocycles. The highest BCUT2D eigenvalue weighted by Gasteiger charge is 2.43. The highest BCUT2D eigenvalue weighted by Crippen LogP contribution is 2.25. The van der Waals surface area contributed by atoms with E-state index in [1.807, 2.05) is 19.9 Å². The van der Waals surface area contributed by atoms with Gasteiger partial charge in [0.25, 0.3) is 0 Å². The number of aliphatic hydroxyl groups is 2. The maximum atomic E-state index is 11.8. The molecule has 6 heteroatoms. The fourth-order valence-electron chi connectivity index (χ4n) is 1.91. The van der Waals surface area contributed by atoms with Crippen molar-refractivity contribution in [3.63, 3.8) is 0 Å². The summed E-state index contributed by atoms with van der Waals surface area (Å²) < 4.78 is 0. The van der Waals surface area contributed by atoms with Gasteiger partial charge < -0.3 is 10.2 Å². The van der Waals surface area contributed by atoms with Crippen molar-refractivity contribution in [2.24, 2.45) is 0 Å². The van der Waals surface area contributed by atoms with Gasteiger partial charge in [0.2, 0.25) is 0 Å². The molecule has 1 fully saturated rings. The topological polar surface area (TPSA) is 76.9 Å². The fourth-order valence-corrected chi connectivity index (χ4v) is 1.91. The van der Waals surface area contributed by atoms with Crippen LogP contribution in [0.3, 0.4) is 0 Å². The average Bonchev–Trinajstić information content (AvgIpc) is 2.42. The summed E-state index contributed by atoms with van der Waals surface area (Å²) in [6.45, 7) is 3.69. The minimum absolute atomic E-state index is 0.350. The Morgan fingerprint density at radius 1 is 1.24 bits per heavy atom. The van der Waals surface area contributed by atoms with Crippen LogP contribution in [0.4, 0.5) is 10.6 Å². The number of aryl methyl sites for hydroxylation is 2. The Bertz CT molecular complexity index is 443. The molecule has 0 aromatic carbocycles. The number of likely N-dealkylation sites (N-methyl/N-ethyl adjacent to an activating group) is 1. The number of amides is 2. The molecule has 1 aliphatic heterocycles. The summed E-state index contributed by atoms with van der Waals surface area (Å²) in [4.78, 5) is 18.2. The zero-order valence-electron chi connectivity index (χ0n) is 9.95. The van der Waals surface area contributed by atoms with Crippen molar-refractivity contribution >= 4 is 11.8 Å². The van der Waals surface area contributed by atoms with Crippen molar-refractivity contribution in [2.45, 2.75) is 26.3 Å². The second kappa shape index (κ2) is 3.97. The van der Waals surface area contributed by atoms with E-state index in [-0.39, 0.29) is 0 Å². The largest absolute Gasteiger partial charge is 0.369 e. The monoisotopic (exact) mass is 237 g/mol. The Labute approximate surface area is 99.1 Å². The normalized spacial score (nSPS) is 24.6. The summed E-state index contributed by atoms with van der Waals surface area (Å²) in [7, 11) is 1.43. The van der Waals surface area contributed by atoms with Crippen LogP contribution in [0.1, 0.15) is 11.3 Å². The molecule has 0 spiro atoms. The second-order valence-electron chi connectivity index (χ2n) is 4.23. The van der Waals surface area contributed by atoms with Crippen molar-refractivity contribution in [3.05, 3.63) is 23.4 Å². The van der Waals surface area contributed by atoms with E-state index < -0.39 is 18.5 Å². The molecule has 1 saturated heterocycles. The molecule has 2 rings (SSSR count). The number of carbonyl (C=O) groups is 1. The minimum Gasteiger partial charge on any atom is -0.369 e. The lowest BCUT2D eigenvalue weighted by molar-refractivity contribution is -0.0183. The molecular weight excluding hydrogens is 222 g/mol. The maximum Gasteiger partial charge on any atom is 0.329 e. The molecule has 6 nitrogen and oxygen atoms in total. The summed E-state index contributed by atoms with van der Waals surface area (Å²) in [5.41, 5.74) is 1.69. The van der Waals surface area contributed by atoms with Crippen LogP contribution in [0, 0.1) is 13.8 Å². The molecule has 17 heavy (non-hydrogen) atoms. The first-order valence-corrected chi connectivity index (χ1v) is 5.29. The molecule has 2 N–H and O–H groups in total. The highest BCUT2D eigenvalue weighted by molar-refractivity contribution is 5.93. The van der Waals surface area contributed by atoms with Crippen LogP contribution >= 0.6 is 0 Å². The van der Waals surface area contributed by atoms with E-state index >= 15 is 0 Å². The van der Waals surface area contributed by atoms with Gasteiger partial charge in [0.05, 0.1) is 0 Å². The van der Waals surface area contributed by atoms with Crippen LogP contribution in [0.15, 0.2) is 12.1 Å². The number of aliphatic hydroxyl groups excluding tert-OH is 2. The van der Waals surface area contributed by atoms with Crippen molar-refractivity contribution in [1.29, 1.82) is 0 Å². The Morgan fingerprint density at radius 3 is 2.35 bits per heavy atom. The number of pyridine rings is 1. The van der Waals surface area contributed by atoms with E-state index in [0.717, 1.165) is 21.1 Å². The SMILES string of the molecule is Cc1cc(C)nc(N2C(=O)N(C)[C@H](O)[C@@H]2O)c1. The zero-order chi connectivity index (χ0) is 12.7. The van der Waals surface area contributed by atoms with Gasteiger partial charge in [0, 0.05) is 12.7 Å². The smallest absolute Gasteiger partial charge is 0.329 e. The van der Waals surface area contributed by atoms with E-state index in [9.17, 15) is 15.0 Å². The van der Waals surface area contributed by atoms with Gasteiger partial charge >= 0.3 is 6.03 Å². The summed E-state index contributed by atoms with van der Waals surface area (Å²) in [5, 5.41) is 19.4. The molecule has 2 amide bonds. The van der Waals surface area contributed by atoms with Crippen LogP contribution in [-0.4, -0.2) is 45.6 Å². The molecule has 92 valence electrons. The molecule has 1 aliphatic rings. The summed E-state index contributed by atoms with van der Waals surface area (Å²) >= 11 is 0. The minimum atomic E-state index is -1.29. The molecular formula is C11H15N3O3. The van der Waals surface area contributed by atoms with Crippen LogP contribution in [0.25, 0.3) is 0 Å². The molecule has 1 aromatic heterocycles. The van der Waals surface area contributed by atoms with Crippen molar-refractivity contribution in [1.82, 2.24) is 9.88 Å². The third kappa shape index (κ3) is 1.85. The maximum absolute atomic E-state index is 11.8. The van der Waals surface area contributed by atoms with Crippen molar-refractivity contribution in [3.8, 4) is 0 Å². The number of urea groups is 1. The number of nitrogens with zero attached hydrogens (tertiary/aromatic N) is 3. The van der Waals surface area contributed by atoms with Gasteiger partial charge in [0.15, 0.2) is 12.5 Å². The first kappa shape index (κ1) is 11.8. The van der Waals surface area contributed by atoms with Crippen LogP contribution in [0.5, 0.6) is 0 Å². The average molecular weight is 237 g/mol. The Morgan fingerprint density at radius 2 is 1.88 bits per heavy atom. The molecule has 0 saturated carbocycles. The predicted octanol–water partition coefficient (Wildman–Crippen LogP) is 0.207. The van der Waals surface area contributed by atoms with Gasteiger partial charge in [0.1, 0.15) is 5.82 Å². The van der Waals surface area contributed by atoms with Gasteiger partial charge in [-0.15, -0.1) is 0 Å². The summed E-state index contributed by atoms with van der Waals surface area (Å²) in [5.74, 6) is 0.350. The van der Waals surface area contributed by atoms with E-state index in [1.165, 1.54) is 7.05 Å². The zero-order valence-corrected chi connectivity index (χ0v) is 9.95. The van der Waals surface area contributed by atoms with Gasteiger partial charge in [-0.3, -0.25) is 4.90 Å². The first-order chi connectivity index (χ1) is 7.91. The molecule has 0 unspecified atom stereocenters. The Hall–Kier alpha value is -1.66. The number of hydrogen-bond acceptors (Lipinski definition) is 4. The molecule has 2 atom stereocenters. The number of rotatable bonds is 1. The van der Waals surface area contributed by atoms with Gasteiger partial charge in [-0.1, -0.05) is 0 Å². The summed E-state index contributed by atoms with van der Waals surface area (Å²) in [6, 6.07) is 3.10. The van der Waals surface area contributed by atoms with Gasteiger partial charge in [-0.25, -0.2) is 14.7 Å². The van der Waals surface area contributed by atoms with Crippen LogP contribution in [-0.2, 0) is 0 Å². The number of anilines is 1. The fraction of sp³-hybridized carbons (Fsp3) is 0.455. The van der Waals surface area contributed by atoms with Crippen molar-refractivity contribution in [2.75, 3.05) is 11.9 Å².